The summed E-state index contributed by atoms with van der Waals surface area (Å²) in [7, 11) is 0. The summed E-state index contributed by atoms with van der Waals surface area (Å²) >= 11 is 3.63. The summed E-state index contributed by atoms with van der Waals surface area (Å²) in [6.45, 7) is 6.48. The summed E-state index contributed by atoms with van der Waals surface area (Å²) in [5.74, 6) is 0. The largest absolute Gasteiger partial charge is 0.306 e. The molecule has 2 heterocycles. The van der Waals surface area contributed by atoms with Gasteiger partial charge in [0, 0.05) is 6.54 Å². The summed E-state index contributed by atoms with van der Waals surface area (Å²) in [5, 5.41) is 8.10. The van der Waals surface area contributed by atoms with E-state index in [1.807, 2.05) is 6.20 Å². The first-order valence-corrected chi connectivity index (χ1v) is 6.93. The summed E-state index contributed by atoms with van der Waals surface area (Å²) in [6.07, 6.45) is 7.02. The predicted molar refractivity (Wildman–Crippen MR) is 69.4 cm³/mol. The van der Waals surface area contributed by atoms with E-state index in [2.05, 4.69) is 44.9 Å². The van der Waals surface area contributed by atoms with Gasteiger partial charge < -0.3 is 5.32 Å². The molecule has 0 radical (unpaired) electrons. The van der Waals surface area contributed by atoms with Crippen molar-refractivity contribution in [2.24, 2.45) is 0 Å². The first kappa shape index (κ1) is 12.1. The van der Waals surface area contributed by atoms with Gasteiger partial charge in [0.15, 0.2) is 0 Å². The van der Waals surface area contributed by atoms with Gasteiger partial charge >= 0.3 is 0 Å². The highest BCUT2D eigenvalue weighted by Crippen LogP contribution is 2.34. The van der Waals surface area contributed by atoms with Crippen LogP contribution in [0.4, 0.5) is 0 Å². The molecule has 1 aromatic rings. The van der Waals surface area contributed by atoms with E-state index in [1.54, 1.807) is 0 Å². The van der Waals surface area contributed by atoms with E-state index in [1.165, 1.54) is 31.4 Å². The SMILES string of the molecule is CCn1ncc(Br)c1C1(C)CCCCCN1. The van der Waals surface area contributed by atoms with Crippen molar-refractivity contribution in [3.05, 3.63) is 16.4 Å². The minimum absolute atomic E-state index is 0.0713. The number of aromatic nitrogens is 2. The van der Waals surface area contributed by atoms with E-state index < -0.39 is 0 Å². The average molecular weight is 286 g/mol. The fourth-order valence-corrected chi connectivity index (χ4v) is 3.32. The van der Waals surface area contributed by atoms with Gasteiger partial charge in [-0.1, -0.05) is 12.8 Å². The molecule has 0 aromatic carbocycles. The molecule has 16 heavy (non-hydrogen) atoms. The van der Waals surface area contributed by atoms with Crippen LogP contribution in [0.5, 0.6) is 0 Å². The van der Waals surface area contributed by atoms with Gasteiger partial charge in [-0.3, -0.25) is 4.68 Å². The van der Waals surface area contributed by atoms with Crippen LogP contribution in [0, 0.1) is 0 Å². The van der Waals surface area contributed by atoms with Crippen molar-refractivity contribution in [3.63, 3.8) is 0 Å². The lowest BCUT2D eigenvalue weighted by Crippen LogP contribution is -2.41. The minimum atomic E-state index is 0.0713. The fourth-order valence-electron chi connectivity index (χ4n) is 2.59. The zero-order valence-corrected chi connectivity index (χ0v) is 11.7. The molecule has 1 N–H and O–H groups in total. The molecule has 0 saturated carbocycles. The van der Waals surface area contributed by atoms with Crippen molar-refractivity contribution in [2.75, 3.05) is 6.54 Å². The van der Waals surface area contributed by atoms with E-state index in [4.69, 9.17) is 0 Å². The van der Waals surface area contributed by atoms with Crippen LogP contribution < -0.4 is 5.32 Å². The van der Waals surface area contributed by atoms with Gasteiger partial charge in [-0.2, -0.15) is 5.10 Å². The Morgan fingerprint density at radius 2 is 2.31 bits per heavy atom. The van der Waals surface area contributed by atoms with Gasteiger partial charge in [0.25, 0.3) is 0 Å². The Bertz CT molecular complexity index is 351. The number of hydrogen-bond acceptors (Lipinski definition) is 2. The van der Waals surface area contributed by atoms with E-state index in [9.17, 15) is 0 Å². The van der Waals surface area contributed by atoms with Crippen molar-refractivity contribution in [1.82, 2.24) is 15.1 Å². The molecule has 4 heteroatoms. The Balaban J connectivity index is 2.35. The highest BCUT2D eigenvalue weighted by Gasteiger charge is 2.32. The molecule has 0 aliphatic carbocycles. The van der Waals surface area contributed by atoms with Crippen LogP contribution >= 0.6 is 15.9 Å². The normalized spacial score (nSPS) is 26.7. The number of nitrogens with one attached hydrogen (secondary N) is 1. The first-order chi connectivity index (χ1) is 7.67. The summed E-state index contributed by atoms with van der Waals surface area (Å²) < 4.78 is 3.23. The fraction of sp³-hybridized carbons (Fsp3) is 0.750. The van der Waals surface area contributed by atoms with E-state index in [-0.39, 0.29) is 5.54 Å². The molecule has 1 aliphatic heterocycles. The topological polar surface area (TPSA) is 29.9 Å². The Labute approximate surface area is 106 Å². The number of halogens is 1. The first-order valence-electron chi connectivity index (χ1n) is 6.14. The smallest absolute Gasteiger partial charge is 0.0724 e. The number of rotatable bonds is 2. The molecule has 1 fully saturated rings. The lowest BCUT2D eigenvalue weighted by atomic mass is 9.92. The Kier molecular flexibility index (Phi) is 3.70. The number of aryl methyl sites for hydroxylation is 1. The maximum absolute atomic E-state index is 4.42. The predicted octanol–water partition coefficient (Wildman–Crippen LogP) is 3.04. The third kappa shape index (κ3) is 2.18. The van der Waals surface area contributed by atoms with Gasteiger partial charge in [-0.15, -0.1) is 0 Å². The molecule has 0 bridgehead atoms. The second kappa shape index (κ2) is 4.88. The van der Waals surface area contributed by atoms with Crippen LogP contribution in [0.1, 0.15) is 45.2 Å². The highest BCUT2D eigenvalue weighted by atomic mass is 79.9. The molecule has 1 atom stereocenters. The van der Waals surface area contributed by atoms with Crippen molar-refractivity contribution in [2.45, 2.75) is 51.6 Å². The molecule has 3 nitrogen and oxygen atoms in total. The van der Waals surface area contributed by atoms with Crippen molar-refractivity contribution in [1.29, 1.82) is 0 Å². The van der Waals surface area contributed by atoms with Crippen LogP contribution in [0.15, 0.2) is 10.7 Å². The molecule has 1 unspecified atom stereocenters. The molecule has 1 aliphatic rings. The number of hydrogen-bond donors (Lipinski definition) is 1. The molecule has 0 amide bonds. The summed E-state index contributed by atoms with van der Waals surface area (Å²) in [5.41, 5.74) is 1.37. The minimum Gasteiger partial charge on any atom is -0.306 e. The van der Waals surface area contributed by atoms with Gasteiger partial charge in [0.1, 0.15) is 0 Å². The lowest BCUT2D eigenvalue weighted by molar-refractivity contribution is 0.328. The summed E-state index contributed by atoms with van der Waals surface area (Å²) in [6, 6.07) is 0. The monoisotopic (exact) mass is 285 g/mol. The average Bonchev–Trinajstić information content (AvgIpc) is 2.51. The van der Waals surface area contributed by atoms with E-state index in [0.29, 0.717) is 0 Å². The quantitative estimate of drug-likeness (QED) is 0.905. The maximum atomic E-state index is 4.42. The van der Waals surface area contributed by atoms with Gasteiger partial charge in [0.05, 0.1) is 21.9 Å². The summed E-state index contributed by atoms with van der Waals surface area (Å²) in [4.78, 5) is 0. The van der Waals surface area contributed by atoms with Crippen LogP contribution in [0.2, 0.25) is 0 Å². The lowest BCUT2D eigenvalue weighted by Gasteiger charge is -2.30. The zero-order valence-electron chi connectivity index (χ0n) is 10.1. The van der Waals surface area contributed by atoms with Crippen LogP contribution in [-0.2, 0) is 12.1 Å². The standard InChI is InChI=1S/C12H20BrN3/c1-3-16-11(10(13)9-15-16)12(2)7-5-4-6-8-14-12/h9,14H,3-8H2,1-2H3. The third-order valence-electron chi connectivity index (χ3n) is 3.49. The zero-order chi connectivity index (χ0) is 11.6. The molecule has 1 saturated heterocycles. The second-order valence-corrected chi connectivity index (χ2v) is 5.58. The van der Waals surface area contributed by atoms with Crippen molar-refractivity contribution >= 4 is 15.9 Å². The van der Waals surface area contributed by atoms with Crippen LogP contribution in [0.3, 0.4) is 0 Å². The van der Waals surface area contributed by atoms with Crippen LogP contribution in [0.25, 0.3) is 0 Å². The van der Waals surface area contributed by atoms with Gasteiger partial charge in [0.2, 0.25) is 0 Å². The Morgan fingerprint density at radius 3 is 3.06 bits per heavy atom. The molecule has 0 spiro atoms. The molecule has 1 aromatic heterocycles. The molecule has 90 valence electrons. The Morgan fingerprint density at radius 1 is 1.50 bits per heavy atom. The van der Waals surface area contributed by atoms with E-state index in [0.717, 1.165) is 17.6 Å². The molecular formula is C12H20BrN3. The van der Waals surface area contributed by atoms with Crippen LogP contribution in [-0.4, -0.2) is 16.3 Å². The van der Waals surface area contributed by atoms with Crippen molar-refractivity contribution < 1.29 is 0 Å². The second-order valence-electron chi connectivity index (χ2n) is 4.73. The molecular weight excluding hydrogens is 266 g/mol. The molecule has 2 rings (SSSR count). The third-order valence-corrected chi connectivity index (χ3v) is 4.07. The van der Waals surface area contributed by atoms with E-state index >= 15 is 0 Å². The maximum Gasteiger partial charge on any atom is 0.0724 e. The Hall–Kier alpha value is -0.350. The number of nitrogens with zero attached hydrogens (tertiary/aromatic N) is 2. The van der Waals surface area contributed by atoms with Crippen molar-refractivity contribution in [3.8, 4) is 0 Å². The van der Waals surface area contributed by atoms with Gasteiger partial charge in [-0.25, -0.2) is 0 Å². The van der Waals surface area contributed by atoms with Gasteiger partial charge in [-0.05, 0) is 49.2 Å². The highest BCUT2D eigenvalue weighted by molar-refractivity contribution is 9.10.